The fourth-order valence-electron chi connectivity index (χ4n) is 2.87. The van der Waals surface area contributed by atoms with Crippen molar-refractivity contribution >= 4 is 27.6 Å². The number of carboxylic acid groups (broad SMARTS) is 1. The number of likely N-dealkylation sites (tertiary alicyclic amines) is 1. The zero-order chi connectivity index (χ0) is 18.8. The van der Waals surface area contributed by atoms with Crippen molar-refractivity contribution in [1.29, 1.82) is 0 Å². The Labute approximate surface area is 147 Å². The summed E-state index contributed by atoms with van der Waals surface area (Å²) in [5, 5.41) is 9.29. The van der Waals surface area contributed by atoms with Crippen molar-refractivity contribution in [2.75, 3.05) is 37.9 Å². The van der Waals surface area contributed by atoms with Gasteiger partial charge >= 0.3 is 5.97 Å². The predicted molar refractivity (Wildman–Crippen MR) is 92.6 cm³/mol. The van der Waals surface area contributed by atoms with Crippen molar-refractivity contribution in [3.05, 3.63) is 29.3 Å². The number of aromatic carboxylic acids is 1. The number of rotatable bonds is 6. The quantitative estimate of drug-likeness (QED) is 0.802. The van der Waals surface area contributed by atoms with E-state index in [1.807, 2.05) is 0 Å². The van der Waals surface area contributed by atoms with E-state index in [9.17, 15) is 23.1 Å². The molecule has 25 heavy (non-hydrogen) atoms. The molecule has 1 aliphatic rings. The summed E-state index contributed by atoms with van der Waals surface area (Å²) in [6.07, 6.45) is 2.67. The first-order valence-electron chi connectivity index (χ1n) is 7.77. The molecule has 9 heteroatoms. The van der Waals surface area contributed by atoms with Gasteiger partial charge in [-0.1, -0.05) is 0 Å². The Bertz CT molecular complexity index is 777. The fraction of sp³-hybridized carbons (Fsp3) is 0.500. The molecule has 138 valence electrons. The minimum Gasteiger partial charge on any atom is -0.478 e. The van der Waals surface area contributed by atoms with Crippen LogP contribution in [-0.4, -0.2) is 69.9 Å². The lowest BCUT2D eigenvalue weighted by Gasteiger charge is -2.25. The van der Waals surface area contributed by atoms with Crippen LogP contribution in [0.5, 0.6) is 0 Å². The van der Waals surface area contributed by atoms with Crippen molar-refractivity contribution in [1.82, 2.24) is 4.90 Å². The molecular formula is C16H22N2O6S. The number of amides is 1. The average molecular weight is 370 g/mol. The van der Waals surface area contributed by atoms with Gasteiger partial charge in [0.2, 0.25) is 10.0 Å². The molecule has 0 spiro atoms. The van der Waals surface area contributed by atoms with Crippen LogP contribution >= 0.6 is 0 Å². The minimum atomic E-state index is -3.58. The first kappa shape index (κ1) is 19.2. The molecule has 0 radical (unpaired) electrons. The molecule has 1 aromatic rings. The van der Waals surface area contributed by atoms with Gasteiger partial charge in [-0.2, -0.15) is 0 Å². The third-order valence-corrected chi connectivity index (χ3v) is 5.48. The number of anilines is 1. The highest BCUT2D eigenvalue weighted by atomic mass is 32.2. The number of hydrogen-bond acceptors (Lipinski definition) is 5. The zero-order valence-corrected chi connectivity index (χ0v) is 15.2. The SMILES string of the molecule is COCC1CCCN1C(=O)c1cc(C(=O)O)cc(N(C)S(C)(=O)=O)c1. The van der Waals surface area contributed by atoms with Gasteiger partial charge in [-0.3, -0.25) is 9.10 Å². The van der Waals surface area contributed by atoms with Gasteiger partial charge in [0.25, 0.3) is 5.91 Å². The fourth-order valence-corrected chi connectivity index (χ4v) is 3.35. The second-order valence-corrected chi connectivity index (χ2v) is 8.07. The average Bonchev–Trinajstić information content (AvgIpc) is 3.00. The maximum atomic E-state index is 12.8. The normalized spacial score (nSPS) is 17.6. The second kappa shape index (κ2) is 7.40. The molecule has 0 bridgehead atoms. The Hall–Kier alpha value is -2.13. The van der Waals surface area contributed by atoms with Crippen LogP contribution in [0, 0.1) is 0 Å². The Balaban J connectivity index is 2.44. The highest BCUT2D eigenvalue weighted by Crippen LogP contribution is 2.25. The summed E-state index contributed by atoms with van der Waals surface area (Å²) in [6.45, 7) is 0.960. The largest absolute Gasteiger partial charge is 0.478 e. The highest BCUT2D eigenvalue weighted by Gasteiger charge is 2.30. The number of hydrogen-bond donors (Lipinski definition) is 1. The van der Waals surface area contributed by atoms with Crippen LogP contribution in [0.4, 0.5) is 5.69 Å². The summed E-state index contributed by atoms with van der Waals surface area (Å²) in [4.78, 5) is 25.9. The minimum absolute atomic E-state index is 0.0675. The van der Waals surface area contributed by atoms with Crippen LogP contribution < -0.4 is 4.31 Å². The first-order chi connectivity index (χ1) is 11.6. The number of sulfonamides is 1. The molecule has 1 amide bonds. The highest BCUT2D eigenvalue weighted by molar-refractivity contribution is 7.92. The van der Waals surface area contributed by atoms with Crippen molar-refractivity contribution in [3.8, 4) is 0 Å². The van der Waals surface area contributed by atoms with Crippen molar-refractivity contribution in [2.45, 2.75) is 18.9 Å². The van der Waals surface area contributed by atoms with E-state index in [0.29, 0.717) is 13.2 Å². The summed E-state index contributed by atoms with van der Waals surface area (Å²) in [6, 6.07) is 3.84. The van der Waals surface area contributed by atoms with Gasteiger partial charge in [-0.05, 0) is 31.0 Å². The molecule has 0 aromatic heterocycles. The molecular weight excluding hydrogens is 348 g/mol. The summed E-state index contributed by atoms with van der Waals surface area (Å²) >= 11 is 0. The Morgan fingerprint density at radius 1 is 1.32 bits per heavy atom. The van der Waals surface area contributed by atoms with Crippen LogP contribution in [0.25, 0.3) is 0 Å². The summed E-state index contributed by atoms with van der Waals surface area (Å²) in [5.74, 6) is -1.56. The monoisotopic (exact) mass is 370 g/mol. The molecule has 1 atom stereocenters. The molecule has 1 aliphatic heterocycles. The molecule has 1 fully saturated rings. The van der Waals surface area contributed by atoms with Crippen molar-refractivity contribution in [2.24, 2.45) is 0 Å². The van der Waals surface area contributed by atoms with Gasteiger partial charge in [0, 0.05) is 26.3 Å². The van der Waals surface area contributed by atoms with Crippen molar-refractivity contribution < 1.29 is 27.9 Å². The molecule has 1 heterocycles. The van der Waals surface area contributed by atoms with Crippen LogP contribution in [0.3, 0.4) is 0 Å². The predicted octanol–water partition coefficient (Wildman–Crippen LogP) is 1.03. The van der Waals surface area contributed by atoms with Crippen LogP contribution in [0.2, 0.25) is 0 Å². The van der Waals surface area contributed by atoms with Gasteiger partial charge in [0.15, 0.2) is 0 Å². The standard InChI is InChI=1S/C16H22N2O6S/c1-17(25(3,22)23)14-8-11(7-12(9-14)16(20)21)15(19)18-6-4-5-13(18)10-24-2/h7-9,13H,4-6,10H2,1-3H3,(H,20,21). The van der Waals surface area contributed by atoms with E-state index < -0.39 is 16.0 Å². The van der Waals surface area contributed by atoms with Gasteiger partial charge in [0.05, 0.1) is 30.2 Å². The third kappa shape index (κ3) is 4.29. The number of carbonyl (C=O) groups is 2. The molecule has 1 N–H and O–H groups in total. The summed E-state index contributed by atoms with van der Waals surface area (Å²) in [7, 11) is -0.709. The lowest BCUT2D eigenvalue weighted by Crippen LogP contribution is -2.38. The van der Waals surface area contributed by atoms with E-state index in [4.69, 9.17) is 4.74 Å². The lowest BCUT2D eigenvalue weighted by molar-refractivity contribution is 0.0630. The zero-order valence-electron chi connectivity index (χ0n) is 14.4. The molecule has 1 saturated heterocycles. The molecule has 1 unspecified atom stereocenters. The second-order valence-electron chi connectivity index (χ2n) is 6.05. The first-order valence-corrected chi connectivity index (χ1v) is 9.62. The summed E-state index contributed by atoms with van der Waals surface area (Å²) in [5.41, 5.74) is 0.139. The third-order valence-electron chi connectivity index (χ3n) is 4.27. The number of carbonyl (C=O) groups excluding carboxylic acids is 1. The maximum Gasteiger partial charge on any atom is 0.335 e. The number of ether oxygens (including phenoxy) is 1. The number of benzene rings is 1. The van der Waals surface area contributed by atoms with Crippen LogP contribution in [-0.2, 0) is 14.8 Å². The lowest BCUT2D eigenvalue weighted by atomic mass is 10.1. The molecule has 1 aromatic carbocycles. The van der Waals surface area contributed by atoms with E-state index in [0.717, 1.165) is 23.4 Å². The molecule has 2 rings (SSSR count). The van der Waals surface area contributed by atoms with E-state index in [1.54, 1.807) is 12.0 Å². The van der Waals surface area contributed by atoms with E-state index in [-0.39, 0.29) is 28.8 Å². The van der Waals surface area contributed by atoms with Gasteiger partial charge in [-0.15, -0.1) is 0 Å². The number of nitrogens with zero attached hydrogens (tertiary/aromatic N) is 2. The number of methoxy groups -OCH3 is 1. The smallest absolute Gasteiger partial charge is 0.335 e. The summed E-state index contributed by atoms with van der Waals surface area (Å²) < 4.78 is 29.6. The molecule has 0 saturated carbocycles. The maximum absolute atomic E-state index is 12.8. The van der Waals surface area contributed by atoms with Crippen molar-refractivity contribution in [3.63, 3.8) is 0 Å². The Morgan fingerprint density at radius 2 is 1.96 bits per heavy atom. The van der Waals surface area contributed by atoms with Gasteiger partial charge in [-0.25, -0.2) is 13.2 Å². The van der Waals surface area contributed by atoms with Crippen LogP contribution in [0.15, 0.2) is 18.2 Å². The topological polar surface area (TPSA) is 104 Å². The van der Waals surface area contributed by atoms with Gasteiger partial charge < -0.3 is 14.7 Å². The van der Waals surface area contributed by atoms with Crippen LogP contribution in [0.1, 0.15) is 33.6 Å². The van der Waals surface area contributed by atoms with Gasteiger partial charge in [0.1, 0.15) is 0 Å². The van der Waals surface area contributed by atoms with E-state index in [1.165, 1.54) is 25.2 Å². The molecule has 0 aliphatic carbocycles. The van der Waals surface area contributed by atoms with E-state index in [2.05, 4.69) is 0 Å². The van der Waals surface area contributed by atoms with E-state index >= 15 is 0 Å². The molecule has 8 nitrogen and oxygen atoms in total. The number of carboxylic acids is 1. The Morgan fingerprint density at radius 3 is 2.52 bits per heavy atom. The Kier molecular flexibility index (Phi) is 5.69.